The van der Waals surface area contributed by atoms with E-state index in [0.29, 0.717) is 19.3 Å². The molecule has 0 unspecified atom stereocenters. The van der Waals surface area contributed by atoms with E-state index in [1.165, 1.54) is 0 Å². The zero-order chi connectivity index (χ0) is 10.5. The highest BCUT2D eigenvalue weighted by Gasteiger charge is 1.90. The van der Waals surface area contributed by atoms with Crippen LogP contribution in [0.4, 0.5) is 0 Å². The lowest BCUT2D eigenvalue weighted by Gasteiger charge is -2.07. The first kappa shape index (κ1) is 15.4. The summed E-state index contributed by atoms with van der Waals surface area (Å²) in [6, 6.07) is 0.543. The zero-order valence-electron chi connectivity index (χ0n) is 9.72. The molecule has 0 rings (SSSR count). The minimum absolute atomic E-state index is 0.543. The van der Waals surface area contributed by atoms with Gasteiger partial charge in [-0.2, -0.15) is 0 Å². The second-order valence-corrected chi connectivity index (χ2v) is 2.71. The number of hydrogen-bond acceptors (Lipinski definition) is 3. The van der Waals surface area contributed by atoms with Crippen LogP contribution in [-0.4, -0.2) is 39.5 Å². The first-order valence-electron chi connectivity index (χ1n) is 5.07. The van der Waals surface area contributed by atoms with Crippen molar-refractivity contribution in [3.63, 3.8) is 0 Å². The number of methoxy groups -OCH3 is 1. The molecule has 0 heterocycles. The molecule has 0 fully saturated rings. The van der Waals surface area contributed by atoms with Crippen LogP contribution in [0.1, 0.15) is 27.7 Å². The Morgan fingerprint density at radius 2 is 1.69 bits per heavy atom. The maximum absolute atomic E-state index is 5.24. The van der Waals surface area contributed by atoms with Crippen LogP contribution in [0.3, 0.4) is 0 Å². The fourth-order valence-electron chi connectivity index (χ4n) is 0.664. The molecular weight excluding hydrogens is 166 g/mol. The second-order valence-electron chi connectivity index (χ2n) is 2.71. The minimum Gasteiger partial charge on any atom is -0.382 e. The molecule has 0 aromatic carbocycles. The summed E-state index contributed by atoms with van der Waals surface area (Å²) in [6.45, 7) is 11.3. The van der Waals surface area contributed by atoms with Crippen molar-refractivity contribution in [2.24, 2.45) is 0 Å². The molecule has 0 radical (unpaired) electrons. The van der Waals surface area contributed by atoms with Crippen LogP contribution in [0, 0.1) is 0 Å². The number of nitrogens with one attached hydrogen (secondary N) is 1. The van der Waals surface area contributed by atoms with E-state index in [-0.39, 0.29) is 0 Å². The van der Waals surface area contributed by atoms with Crippen LogP contribution in [0.5, 0.6) is 0 Å². The van der Waals surface area contributed by atoms with Gasteiger partial charge in [0.15, 0.2) is 0 Å². The van der Waals surface area contributed by atoms with Crippen molar-refractivity contribution in [3.05, 3.63) is 0 Å². The molecule has 3 nitrogen and oxygen atoms in total. The van der Waals surface area contributed by atoms with Crippen molar-refractivity contribution in [1.82, 2.24) is 5.32 Å². The van der Waals surface area contributed by atoms with Crippen LogP contribution in [0.25, 0.3) is 0 Å². The maximum Gasteiger partial charge on any atom is 0.0700 e. The monoisotopic (exact) mass is 191 g/mol. The fourth-order valence-corrected chi connectivity index (χ4v) is 0.664. The topological polar surface area (TPSA) is 30.5 Å². The van der Waals surface area contributed by atoms with Crippen LogP contribution < -0.4 is 5.32 Å². The summed E-state index contributed by atoms with van der Waals surface area (Å²) in [5.41, 5.74) is 0. The average molecular weight is 191 g/mol. The van der Waals surface area contributed by atoms with E-state index in [9.17, 15) is 0 Å². The van der Waals surface area contributed by atoms with Crippen molar-refractivity contribution < 1.29 is 9.47 Å². The summed E-state index contributed by atoms with van der Waals surface area (Å²) < 4.78 is 10.1. The van der Waals surface area contributed by atoms with Crippen molar-refractivity contribution in [2.75, 3.05) is 33.5 Å². The highest BCUT2D eigenvalue weighted by molar-refractivity contribution is 4.50. The molecule has 0 bridgehead atoms. The van der Waals surface area contributed by atoms with Gasteiger partial charge in [0.05, 0.1) is 19.8 Å². The standard InChI is InChI=1S/C8H19NO2.C2H6/c1-8(2)9-4-5-11-7-6-10-3;1-2/h8-9H,4-7H2,1-3H3;1-2H3. The molecule has 0 atom stereocenters. The van der Waals surface area contributed by atoms with E-state index < -0.39 is 0 Å². The molecular formula is C10H25NO2. The molecule has 82 valence electrons. The van der Waals surface area contributed by atoms with Gasteiger partial charge in [-0.25, -0.2) is 0 Å². The molecule has 0 saturated heterocycles. The lowest BCUT2D eigenvalue weighted by Crippen LogP contribution is -2.27. The van der Waals surface area contributed by atoms with Gasteiger partial charge in [-0.15, -0.1) is 0 Å². The van der Waals surface area contributed by atoms with E-state index in [0.717, 1.165) is 13.2 Å². The van der Waals surface area contributed by atoms with Crippen molar-refractivity contribution in [3.8, 4) is 0 Å². The number of hydrogen-bond donors (Lipinski definition) is 1. The van der Waals surface area contributed by atoms with Gasteiger partial charge >= 0.3 is 0 Å². The molecule has 13 heavy (non-hydrogen) atoms. The molecule has 0 aromatic rings. The zero-order valence-corrected chi connectivity index (χ0v) is 9.72. The highest BCUT2D eigenvalue weighted by atomic mass is 16.5. The largest absolute Gasteiger partial charge is 0.382 e. The first-order valence-corrected chi connectivity index (χ1v) is 5.07. The first-order chi connectivity index (χ1) is 6.27. The van der Waals surface area contributed by atoms with Crippen LogP contribution >= 0.6 is 0 Å². The van der Waals surface area contributed by atoms with Gasteiger partial charge in [-0.1, -0.05) is 27.7 Å². The molecule has 3 heteroatoms. The molecule has 0 aliphatic rings. The van der Waals surface area contributed by atoms with E-state index in [2.05, 4.69) is 19.2 Å². The highest BCUT2D eigenvalue weighted by Crippen LogP contribution is 1.77. The lowest BCUT2D eigenvalue weighted by atomic mass is 10.4. The fraction of sp³-hybridized carbons (Fsp3) is 1.00. The Kier molecular flexibility index (Phi) is 17.0. The van der Waals surface area contributed by atoms with E-state index in [1.54, 1.807) is 7.11 Å². The Morgan fingerprint density at radius 3 is 2.15 bits per heavy atom. The second kappa shape index (κ2) is 14.4. The third kappa shape index (κ3) is 18.7. The van der Waals surface area contributed by atoms with E-state index in [4.69, 9.17) is 9.47 Å². The molecule has 0 amide bonds. The van der Waals surface area contributed by atoms with Gasteiger partial charge in [-0.05, 0) is 0 Å². The Labute approximate surface area is 82.8 Å². The van der Waals surface area contributed by atoms with Gasteiger partial charge in [0, 0.05) is 19.7 Å². The molecule has 0 spiro atoms. The van der Waals surface area contributed by atoms with Crippen molar-refractivity contribution in [1.29, 1.82) is 0 Å². The Bertz CT molecular complexity index is 77.3. The number of rotatable bonds is 7. The quantitative estimate of drug-likeness (QED) is 0.621. The van der Waals surface area contributed by atoms with Gasteiger partial charge < -0.3 is 14.8 Å². The molecule has 0 aromatic heterocycles. The summed E-state index contributed by atoms with van der Waals surface area (Å²) in [6.07, 6.45) is 0. The molecule has 0 aliphatic heterocycles. The summed E-state index contributed by atoms with van der Waals surface area (Å²) >= 11 is 0. The smallest absolute Gasteiger partial charge is 0.0700 e. The SMILES string of the molecule is CC.COCCOCCNC(C)C. The predicted molar refractivity (Wildman–Crippen MR) is 57.2 cm³/mol. The molecule has 0 aliphatic carbocycles. The minimum atomic E-state index is 0.543. The third-order valence-corrected chi connectivity index (χ3v) is 1.23. The van der Waals surface area contributed by atoms with E-state index >= 15 is 0 Å². The third-order valence-electron chi connectivity index (χ3n) is 1.23. The predicted octanol–water partition coefficient (Wildman–Crippen LogP) is 1.67. The average Bonchev–Trinajstić information content (AvgIpc) is 2.14. The Hall–Kier alpha value is -0.120. The normalized spacial score (nSPS) is 9.69. The van der Waals surface area contributed by atoms with Crippen LogP contribution in [0.15, 0.2) is 0 Å². The lowest BCUT2D eigenvalue weighted by molar-refractivity contribution is 0.0714. The van der Waals surface area contributed by atoms with Gasteiger partial charge in [0.2, 0.25) is 0 Å². The van der Waals surface area contributed by atoms with Crippen molar-refractivity contribution >= 4 is 0 Å². The summed E-state index contributed by atoms with van der Waals surface area (Å²) in [7, 11) is 1.68. The maximum atomic E-state index is 5.24. The molecule has 0 saturated carbocycles. The Balaban J connectivity index is 0. The van der Waals surface area contributed by atoms with E-state index in [1.807, 2.05) is 13.8 Å². The van der Waals surface area contributed by atoms with Gasteiger partial charge in [0.25, 0.3) is 0 Å². The van der Waals surface area contributed by atoms with Gasteiger partial charge in [-0.3, -0.25) is 0 Å². The number of ether oxygens (including phenoxy) is 2. The van der Waals surface area contributed by atoms with Crippen LogP contribution in [-0.2, 0) is 9.47 Å². The van der Waals surface area contributed by atoms with Crippen molar-refractivity contribution in [2.45, 2.75) is 33.7 Å². The summed E-state index contributed by atoms with van der Waals surface area (Å²) in [4.78, 5) is 0. The van der Waals surface area contributed by atoms with Gasteiger partial charge in [0.1, 0.15) is 0 Å². The Morgan fingerprint density at radius 1 is 1.08 bits per heavy atom. The summed E-state index contributed by atoms with van der Waals surface area (Å²) in [5.74, 6) is 0. The summed E-state index contributed by atoms with van der Waals surface area (Å²) in [5, 5.41) is 3.26. The molecule has 1 N–H and O–H groups in total. The van der Waals surface area contributed by atoms with Crippen LogP contribution in [0.2, 0.25) is 0 Å².